The molecule has 0 amide bonds. The van der Waals surface area contributed by atoms with Gasteiger partial charge in [-0.25, -0.2) is 0 Å². The van der Waals surface area contributed by atoms with Gasteiger partial charge in [0.25, 0.3) is 0 Å². The van der Waals surface area contributed by atoms with Crippen molar-refractivity contribution in [2.45, 2.75) is 46.6 Å². The Labute approximate surface area is 91.7 Å². The molecule has 1 aliphatic carbocycles. The second-order valence-electron chi connectivity index (χ2n) is 4.91. The van der Waals surface area contributed by atoms with E-state index in [0.29, 0.717) is 0 Å². The van der Waals surface area contributed by atoms with E-state index in [2.05, 4.69) is 6.92 Å². The topological polar surface area (TPSA) is 37.3 Å². The third-order valence-corrected chi connectivity index (χ3v) is 3.26. The van der Waals surface area contributed by atoms with Crippen LogP contribution in [0.5, 0.6) is 0 Å². The molecule has 0 unspecified atom stereocenters. The molecule has 0 saturated carbocycles. The lowest BCUT2D eigenvalue weighted by molar-refractivity contribution is -0.112. The maximum atomic E-state index is 10.9. The highest BCUT2D eigenvalue weighted by atomic mass is 16.3. The second kappa shape index (κ2) is 4.31. The molecule has 0 saturated heterocycles. The van der Waals surface area contributed by atoms with E-state index in [0.717, 1.165) is 18.4 Å². The standard InChI is InChI=1S/C13H20O2/c1-9-5-8-12(15)13(3,4)11(9)7-6-10(2)14/h6-7,12,15H,5,8H2,1-4H3/b7-6+/t12-/m0/s1. The quantitative estimate of drug-likeness (QED) is 0.708. The first-order valence-corrected chi connectivity index (χ1v) is 5.42. The van der Waals surface area contributed by atoms with Gasteiger partial charge >= 0.3 is 0 Å². The number of allylic oxidation sites excluding steroid dienone is 3. The first-order chi connectivity index (χ1) is 6.85. The van der Waals surface area contributed by atoms with E-state index in [-0.39, 0.29) is 17.3 Å². The highest BCUT2D eigenvalue weighted by molar-refractivity contribution is 5.87. The summed E-state index contributed by atoms with van der Waals surface area (Å²) in [5.74, 6) is 0.0474. The summed E-state index contributed by atoms with van der Waals surface area (Å²) in [7, 11) is 0. The lowest BCUT2D eigenvalue weighted by atomic mass is 9.70. The molecule has 2 nitrogen and oxygen atoms in total. The average Bonchev–Trinajstić information content (AvgIpc) is 2.11. The van der Waals surface area contributed by atoms with Crippen LogP contribution in [0.4, 0.5) is 0 Å². The molecule has 0 aromatic rings. The Bertz CT molecular complexity index is 321. The minimum atomic E-state index is -0.312. The predicted molar refractivity (Wildman–Crippen MR) is 61.5 cm³/mol. The zero-order valence-electron chi connectivity index (χ0n) is 10.0. The first-order valence-electron chi connectivity index (χ1n) is 5.42. The lowest BCUT2D eigenvalue weighted by Gasteiger charge is -2.37. The normalized spacial score (nSPS) is 26.1. The number of aliphatic hydroxyl groups is 1. The summed E-state index contributed by atoms with van der Waals surface area (Å²) in [4.78, 5) is 10.9. The fourth-order valence-electron chi connectivity index (χ4n) is 2.14. The SMILES string of the molecule is CC(=O)/C=C/C1=C(C)CC[C@H](O)C1(C)C. The van der Waals surface area contributed by atoms with Crippen molar-refractivity contribution in [1.82, 2.24) is 0 Å². The van der Waals surface area contributed by atoms with Gasteiger partial charge in [0.05, 0.1) is 6.10 Å². The maximum Gasteiger partial charge on any atom is 0.152 e. The van der Waals surface area contributed by atoms with Crippen LogP contribution in [0.2, 0.25) is 0 Å². The molecule has 0 aromatic heterocycles. The lowest BCUT2D eigenvalue weighted by Crippen LogP contribution is -2.34. The third kappa shape index (κ3) is 2.57. The summed E-state index contributed by atoms with van der Waals surface area (Å²) in [6, 6.07) is 0. The summed E-state index contributed by atoms with van der Waals surface area (Å²) >= 11 is 0. The van der Waals surface area contributed by atoms with Crippen molar-refractivity contribution >= 4 is 5.78 Å². The monoisotopic (exact) mass is 208 g/mol. The third-order valence-electron chi connectivity index (χ3n) is 3.26. The fraction of sp³-hybridized carbons (Fsp3) is 0.615. The molecule has 0 aliphatic heterocycles. The Morgan fingerprint density at radius 3 is 2.67 bits per heavy atom. The van der Waals surface area contributed by atoms with E-state index in [1.54, 1.807) is 13.0 Å². The van der Waals surface area contributed by atoms with E-state index in [4.69, 9.17) is 0 Å². The number of ketones is 1. The van der Waals surface area contributed by atoms with Gasteiger partial charge in [0.2, 0.25) is 0 Å². The molecule has 0 aromatic carbocycles. The molecule has 0 bridgehead atoms. The van der Waals surface area contributed by atoms with Crippen LogP contribution >= 0.6 is 0 Å². The molecule has 0 spiro atoms. The number of hydrogen-bond donors (Lipinski definition) is 1. The van der Waals surface area contributed by atoms with Crippen LogP contribution in [-0.2, 0) is 4.79 Å². The minimum absolute atomic E-state index is 0.0474. The van der Waals surface area contributed by atoms with Crippen molar-refractivity contribution in [3.05, 3.63) is 23.3 Å². The van der Waals surface area contributed by atoms with E-state index >= 15 is 0 Å². The van der Waals surface area contributed by atoms with Crippen LogP contribution in [0, 0.1) is 5.41 Å². The van der Waals surface area contributed by atoms with Crippen LogP contribution in [0.3, 0.4) is 0 Å². The Kier molecular flexibility index (Phi) is 3.50. The maximum absolute atomic E-state index is 10.9. The largest absolute Gasteiger partial charge is 0.392 e. The number of carbonyl (C=O) groups is 1. The van der Waals surface area contributed by atoms with Gasteiger partial charge in [-0.1, -0.05) is 25.5 Å². The molecule has 1 atom stereocenters. The van der Waals surface area contributed by atoms with Gasteiger partial charge in [-0.05, 0) is 38.3 Å². The number of carbonyl (C=O) groups excluding carboxylic acids is 1. The Morgan fingerprint density at radius 2 is 2.13 bits per heavy atom. The van der Waals surface area contributed by atoms with Crippen molar-refractivity contribution in [1.29, 1.82) is 0 Å². The van der Waals surface area contributed by atoms with Crippen molar-refractivity contribution in [2.24, 2.45) is 5.41 Å². The van der Waals surface area contributed by atoms with E-state index in [1.165, 1.54) is 5.57 Å². The summed E-state index contributed by atoms with van der Waals surface area (Å²) in [6.45, 7) is 7.67. The summed E-state index contributed by atoms with van der Waals surface area (Å²) in [5.41, 5.74) is 2.15. The van der Waals surface area contributed by atoms with Gasteiger partial charge < -0.3 is 5.11 Å². The molecule has 84 valence electrons. The average molecular weight is 208 g/mol. The molecule has 0 heterocycles. The molecule has 1 N–H and O–H groups in total. The van der Waals surface area contributed by atoms with Crippen LogP contribution in [0.1, 0.15) is 40.5 Å². The summed E-state index contributed by atoms with van der Waals surface area (Å²) < 4.78 is 0. The van der Waals surface area contributed by atoms with E-state index in [9.17, 15) is 9.90 Å². The van der Waals surface area contributed by atoms with Crippen molar-refractivity contribution in [2.75, 3.05) is 0 Å². The molecule has 0 radical (unpaired) electrons. The van der Waals surface area contributed by atoms with E-state index in [1.807, 2.05) is 19.9 Å². The highest BCUT2D eigenvalue weighted by Gasteiger charge is 2.34. The van der Waals surface area contributed by atoms with E-state index < -0.39 is 0 Å². The molecule has 2 heteroatoms. The Hall–Kier alpha value is -0.890. The second-order valence-corrected chi connectivity index (χ2v) is 4.91. The number of hydrogen-bond acceptors (Lipinski definition) is 2. The van der Waals surface area contributed by atoms with Crippen LogP contribution in [-0.4, -0.2) is 17.0 Å². The molecular weight excluding hydrogens is 188 g/mol. The van der Waals surface area contributed by atoms with Crippen molar-refractivity contribution in [3.63, 3.8) is 0 Å². The van der Waals surface area contributed by atoms with Crippen LogP contribution in [0.25, 0.3) is 0 Å². The fourth-order valence-corrected chi connectivity index (χ4v) is 2.14. The van der Waals surface area contributed by atoms with Gasteiger partial charge in [0.1, 0.15) is 0 Å². The molecule has 0 fully saturated rings. The van der Waals surface area contributed by atoms with Crippen LogP contribution < -0.4 is 0 Å². The van der Waals surface area contributed by atoms with Gasteiger partial charge in [-0.15, -0.1) is 0 Å². The molecule has 1 aliphatic rings. The summed E-state index contributed by atoms with van der Waals surface area (Å²) in [6.07, 6.45) is 4.87. The predicted octanol–water partition coefficient (Wildman–Crippen LogP) is 2.63. The van der Waals surface area contributed by atoms with Gasteiger partial charge in [-0.2, -0.15) is 0 Å². The Balaban J connectivity index is 3.05. The highest BCUT2D eigenvalue weighted by Crippen LogP contribution is 2.40. The Morgan fingerprint density at radius 1 is 1.53 bits per heavy atom. The van der Waals surface area contributed by atoms with Gasteiger partial charge in [-0.3, -0.25) is 4.79 Å². The van der Waals surface area contributed by atoms with Gasteiger partial charge in [0, 0.05) is 5.41 Å². The van der Waals surface area contributed by atoms with Gasteiger partial charge in [0.15, 0.2) is 5.78 Å². The minimum Gasteiger partial charge on any atom is -0.392 e. The van der Waals surface area contributed by atoms with Crippen LogP contribution in [0.15, 0.2) is 23.3 Å². The first kappa shape index (κ1) is 12.2. The smallest absolute Gasteiger partial charge is 0.152 e. The van der Waals surface area contributed by atoms with Crippen molar-refractivity contribution < 1.29 is 9.90 Å². The zero-order chi connectivity index (χ0) is 11.6. The number of rotatable bonds is 2. The molecule has 15 heavy (non-hydrogen) atoms. The zero-order valence-corrected chi connectivity index (χ0v) is 10.0. The number of aliphatic hydroxyl groups excluding tert-OH is 1. The summed E-state index contributed by atoms with van der Waals surface area (Å²) in [5, 5.41) is 9.94. The molecular formula is C13H20O2. The van der Waals surface area contributed by atoms with Crippen molar-refractivity contribution in [3.8, 4) is 0 Å². The molecule has 1 rings (SSSR count).